The summed E-state index contributed by atoms with van der Waals surface area (Å²) in [5, 5.41) is 3.01. The average molecular weight is 208 g/mol. The predicted molar refractivity (Wildman–Crippen MR) is 59.5 cm³/mol. The molecule has 1 heterocycles. The van der Waals surface area contributed by atoms with E-state index in [1.54, 1.807) is 0 Å². The normalized spacial score (nSPS) is 27.1. The Morgan fingerprint density at radius 3 is 2.67 bits per heavy atom. The average Bonchev–Trinajstić information content (AvgIpc) is 2.60. The predicted octanol–water partition coefficient (Wildman–Crippen LogP) is 1.43. The van der Waals surface area contributed by atoms with Crippen LogP contribution in [-0.2, 0) is 6.54 Å². The van der Waals surface area contributed by atoms with Gasteiger partial charge in [-0.3, -0.25) is 4.90 Å². The highest BCUT2D eigenvalue weighted by atomic mass is 19.1. The lowest BCUT2D eigenvalue weighted by atomic mass is 10.2. The number of nitrogens with one attached hydrogen (secondary N) is 1. The molecule has 0 aliphatic carbocycles. The van der Waals surface area contributed by atoms with E-state index in [4.69, 9.17) is 0 Å². The Labute approximate surface area is 90.1 Å². The molecule has 1 saturated heterocycles. The maximum atomic E-state index is 13.4. The molecule has 0 amide bonds. The molecule has 2 atom stereocenters. The minimum Gasteiger partial charge on any atom is -0.313 e. The van der Waals surface area contributed by atoms with E-state index in [0.29, 0.717) is 6.54 Å². The molecule has 0 bridgehead atoms. The van der Waals surface area contributed by atoms with E-state index in [9.17, 15) is 4.39 Å². The summed E-state index contributed by atoms with van der Waals surface area (Å²) in [6, 6.07) is 10.2. The number of halogens is 1. The molecule has 3 heteroatoms. The van der Waals surface area contributed by atoms with Gasteiger partial charge in [0.15, 0.2) is 0 Å². The number of likely N-dealkylation sites (tertiary alicyclic amines) is 1. The number of alkyl halides is 1. The Morgan fingerprint density at radius 1 is 1.33 bits per heavy atom. The van der Waals surface area contributed by atoms with Crippen molar-refractivity contribution in [3.63, 3.8) is 0 Å². The van der Waals surface area contributed by atoms with Crippen molar-refractivity contribution in [2.75, 3.05) is 20.1 Å². The molecule has 1 fully saturated rings. The molecule has 2 nitrogen and oxygen atoms in total. The van der Waals surface area contributed by atoms with Crippen LogP contribution in [0.2, 0.25) is 0 Å². The van der Waals surface area contributed by atoms with E-state index in [2.05, 4.69) is 22.3 Å². The third-order valence-electron chi connectivity index (χ3n) is 2.94. The van der Waals surface area contributed by atoms with Gasteiger partial charge in [-0.05, 0) is 12.6 Å². The molecule has 1 aromatic carbocycles. The summed E-state index contributed by atoms with van der Waals surface area (Å²) in [7, 11) is 1.82. The second kappa shape index (κ2) is 4.73. The number of rotatable bonds is 3. The first-order valence-electron chi connectivity index (χ1n) is 5.37. The van der Waals surface area contributed by atoms with Crippen LogP contribution in [0.5, 0.6) is 0 Å². The number of nitrogens with zero attached hydrogens (tertiary/aromatic N) is 1. The summed E-state index contributed by atoms with van der Waals surface area (Å²) in [6.45, 7) is 2.19. The van der Waals surface area contributed by atoms with E-state index in [1.807, 2.05) is 25.2 Å². The first-order valence-corrected chi connectivity index (χ1v) is 5.37. The highest BCUT2D eigenvalue weighted by Crippen LogP contribution is 2.16. The molecule has 1 N–H and O–H groups in total. The Hall–Kier alpha value is -0.930. The van der Waals surface area contributed by atoms with E-state index >= 15 is 0 Å². The Bertz CT molecular complexity index is 302. The largest absolute Gasteiger partial charge is 0.313 e. The lowest BCUT2D eigenvalue weighted by molar-refractivity contribution is 0.276. The molecule has 0 radical (unpaired) electrons. The minimum absolute atomic E-state index is 0.00582. The molecule has 0 unspecified atom stereocenters. The van der Waals surface area contributed by atoms with Gasteiger partial charge in [0.1, 0.15) is 6.17 Å². The molecule has 1 aliphatic rings. The molecule has 0 aromatic heterocycles. The van der Waals surface area contributed by atoms with Gasteiger partial charge in [0.25, 0.3) is 0 Å². The van der Waals surface area contributed by atoms with Gasteiger partial charge in [-0.15, -0.1) is 0 Å². The zero-order valence-corrected chi connectivity index (χ0v) is 8.99. The van der Waals surface area contributed by atoms with Gasteiger partial charge >= 0.3 is 0 Å². The quantitative estimate of drug-likeness (QED) is 0.808. The summed E-state index contributed by atoms with van der Waals surface area (Å²) < 4.78 is 13.4. The molecule has 15 heavy (non-hydrogen) atoms. The van der Waals surface area contributed by atoms with Gasteiger partial charge in [-0.1, -0.05) is 30.3 Å². The van der Waals surface area contributed by atoms with E-state index in [0.717, 1.165) is 13.1 Å². The van der Waals surface area contributed by atoms with E-state index in [-0.39, 0.29) is 6.04 Å². The van der Waals surface area contributed by atoms with Gasteiger partial charge in [-0.25, -0.2) is 4.39 Å². The number of hydrogen-bond donors (Lipinski definition) is 1. The molecule has 82 valence electrons. The molecular weight excluding hydrogens is 191 g/mol. The highest BCUT2D eigenvalue weighted by Gasteiger charge is 2.31. The minimum atomic E-state index is -0.737. The van der Waals surface area contributed by atoms with Crippen LogP contribution < -0.4 is 5.32 Å². The lowest BCUT2D eigenvalue weighted by Gasteiger charge is -2.14. The fraction of sp³-hybridized carbons (Fsp3) is 0.500. The van der Waals surface area contributed by atoms with E-state index in [1.165, 1.54) is 5.56 Å². The number of likely N-dealkylation sites (N-methyl/N-ethyl adjacent to an activating group) is 1. The molecule has 1 aliphatic heterocycles. The van der Waals surface area contributed by atoms with Crippen molar-refractivity contribution in [2.24, 2.45) is 0 Å². The maximum absolute atomic E-state index is 13.4. The van der Waals surface area contributed by atoms with Crippen LogP contribution in [0.4, 0.5) is 4.39 Å². The zero-order valence-electron chi connectivity index (χ0n) is 8.99. The van der Waals surface area contributed by atoms with Gasteiger partial charge in [0.2, 0.25) is 0 Å². The van der Waals surface area contributed by atoms with Gasteiger partial charge in [0.05, 0.1) is 6.04 Å². The van der Waals surface area contributed by atoms with Crippen LogP contribution in [0, 0.1) is 0 Å². The third kappa shape index (κ3) is 2.55. The second-order valence-electron chi connectivity index (χ2n) is 4.09. The van der Waals surface area contributed by atoms with Crippen molar-refractivity contribution in [3.8, 4) is 0 Å². The van der Waals surface area contributed by atoms with Crippen molar-refractivity contribution in [1.29, 1.82) is 0 Å². The molecule has 2 rings (SSSR count). The van der Waals surface area contributed by atoms with Crippen molar-refractivity contribution < 1.29 is 4.39 Å². The van der Waals surface area contributed by atoms with Crippen LogP contribution in [0.3, 0.4) is 0 Å². The Balaban J connectivity index is 1.92. The van der Waals surface area contributed by atoms with Crippen LogP contribution >= 0.6 is 0 Å². The molecular formula is C12H17FN2. The fourth-order valence-electron chi connectivity index (χ4n) is 2.08. The van der Waals surface area contributed by atoms with Gasteiger partial charge in [-0.2, -0.15) is 0 Å². The standard InChI is InChI=1S/C12H17FN2/c1-14-12-9-15(8-11(12)13)7-10-5-3-2-4-6-10/h2-6,11-12,14H,7-9H2,1H3/t11-,12+/m0/s1. The van der Waals surface area contributed by atoms with Crippen molar-refractivity contribution in [1.82, 2.24) is 10.2 Å². The Morgan fingerprint density at radius 2 is 2.07 bits per heavy atom. The maximum Gasteiger partial charge on any atom is 0.129 e. The van der Waals surface area contributed by atoms with Crippen molar-refractivity contribution in [3.05, 3.63) is 35.9 Å². The smallest absolute Gasteiger partial charge is 0.129 e. The van der Waals surface area contributed by atoms with Crippen LogP contribution in [0.1, 0.15) is 5.56 Å². The second-order valence-corrected chi connectivity index (χ2v) is 4.09. The van der Waals surface area contributed by atoms with Crippen LogP contribution in [0.25, 0.3) is 0 Å². The SMILES string of the molecule is CN[C@@H]1CN(Cc2ccccc2)C[C@@H]1F. The Kier molecular flexibility index (Phi) is 3.34. The van der Waals surface area contributed by atoms with Crippen LogP contribution in [0.15, 0.2) is 30.3 Å². The first-order chi connectivity index (χ1) is 7.29. The molecule has 1 aromatic rings. The fourth-order valence-corrected chi connectivity index (χ4v) is 2.08. The summed E-state index contributed by atoms with van der Waals surface area (Å²) in [6.07, 6.45) is -0.737. The summed E-state index contributed by atoms with van der Waals surface area (Å²) >= 11 is 0. The lowest BCUT2D eigenvalue weighted by Crippen LogP contribution is -2.34. The summed E-state index contributed by atoms with van der Waals surface area (Å²) in [5.41, 5.74) is 1.25. The highest BCUT2D eigenvalue weighted by molar-refractivity contribution is 5.14. The number of hydrogen-bond acceptors (Lipinski definition) is 2. The zero-order chi connectivity index (χ0) is 10.7. The summed E-state index contributed by atoms with van der Waals surface area (Å²) in [5.74, 6) is 0. The first kappa shape index (κ1) is 10.6. The van der Waals surface area contributed by atoms with Gasteiger partial charge in [0, 0.05) is 19.6 Å². The van der Waals surface area contributed by atoms with E-state index < -0.39 is 6.17 Å². The molecule has 0 spiro atoms. The summed E-state index contributed by atoms with van der Waals surface area (Å²) in [4.78, 5) is 2.15. The van der Waals surface area contributed by atoms with Gasteiger partial charge < -0.3 is 5.32 Å². The number of benzene rings is 1. The van der Waals surface area contributed by atoms with Crippen molar-refractivity contribution >= 4 is 0 Å². The topological polar surface area (TPSA) is 15.3 Å². The monoisotopic (exact) mass is 208 g/mol. The third-order valence-corrected chi connectivity index (χ3v) is 2.94. The molecule has 0 saturated carbocycles. The van der Waals surface area contributed by atoms with Crippen molar-refractivity contribution in [2.45, 2.75) is 18.8 Å². The van der Waals surface area contributed by atoms with Crippen LogP contribution in [-0.4, -0.2) is 37.3 Å².